The number of methoxy groups -OCH3 is 1. The third-order valence-corrected chi connectivity index (χ3v) is 3.00. The Hall–Kier alpha value is -1.97. The number of rotatable bonds is 2. The van der Waals surface area contributed by atoms with E-state index in [4.69, 9.17) is 10.5 Å². The summed E-state index contributed by atoms with van der Waals surface area (Å²) in [7, 11) is 3.52. The van der Waals surface area contributed by atoms with Gasteiger partial charge in [-0.2, -0.15) is 5.10 Å². The monoisotopic (exact) mass is 231 g/mol. The standard InChI is InChI=1S/C13H17N3O/c1-8-5-6-10(9(2)13(8)17-4)11-7-12(14)16(3)15-11/h5-7H,14H2,1-4H3. The van der Waals surface area contributed by atoms with E-state index in [9.17, 15) is 0 Å². The normalized spacial score (nSPS) is 10.6. The number of anilines is 1. The Labute approximate surface area is 101 Å². The van der Waals surface area contributed by atoms with Gasteiger partial charge in [0, 0.05) is 24.2 Å². The first-order chi connectivity index (χ1) is 8.04. The molecule has 90 valence electrons. The molecule has 0 unspecified atom stereocenters. The van der Waals surface area contributed by atoms with Gasteiger partial charge >= 0.3 is 0 Å². The predicted molar refractivity (Wildman–Crippen MR) is 69.1 cm³/mol. The van der Waals surface area contributed by atoms with Gasteiger partial charge in [-0.25, -0.2) is 0 Å². The van der Waals surface area contributed by atoms with Crippen LogP contribution < -0.4 is 10.5 Å². The van der Waals surface area contributed by atoms with Gasteiger partial charge in [0.1, 0.15) is 11.6 Å². The maximum atomic E-state index is 5.80. The Morgan fingerprint density at radius 1 is 1.29 bits per heavy atom. The number of ether oxygens (including phenoxy) is 1. The summed E-state index contributed by atoms with van der Waals surface area (Å²) in [5, 5.41) is 4.38. The smallest absolute Gasteiger partial charge is 0.125 e. The Morgan fingerprint density at radius 3 is 2.53 bits per heavy atom. The van der Waals surface area contributed by atoms with Gasteiger partial charge in [0.2, 0.25) is 0 Å². The molecule has 1 aromatic carbocycles. The molecule has 0 fully saturated rings. The van der Waals surface area contributed by atoms with Gasteiger partial charge in [-0.05, 0) is 19.4 Å². The van der Waals surface area contributed by atoms with E-state index in [1.54, 1.807) is 11.8 Å². The summed E-state index contributed by atoms with van der Waals surface area (Å²) < 4.78 is 7.08. The molecule has 0 aliphatic rings. The quantitative estimate of drug-likeness (QED) is 0.862. The predicted octanol–water partition coefficient (Wildman–Crippen LogP) is 2.29. The second-order valence-electron chi connectivity index (χ2n) is 4.17. The summed E-state index contributed by atoms with van der Waals surface area (Å²) in [6.07, 6.45) is 0. The fraction of sp³-hybridized carbons (Fsp3) is 0.308. The first-order valence-corrected chi connectivity index (χ1v) is 5.48. The Balaban J connectivity index is 2.60. The van der Waals surface area contributed by atoms with Gasteiger partial charge in [0.25, 0.3) is 0 Å². The van der Waals surface area contributed by atoms with Crippen LogP contribution in [-0.2, 0) is 7.05 Å². The highest BCUT2D eigenvalue weighted by Crippen LogP contribution is 2.32. The molecule has 1 aromatic heterocycles. The van der Waals surface area contributed by atoms with E-state index in [-0.39, 0.29) is 0 Å². The van der Waals surface area contributed by atoms with Crippen LogP contribution in [0, 0.1) is 13.8 Å². The van der Waals surface area contributed by atoms with Gasteiger partial charge in [0.15, 0.2) is 0 Å². The number of nitrogens with zero attached hydrogens (tertiary/aromatic N) is 2. The van der Waals surface area contributed by atoms with Crippen molar-refractivity contribution in [1.82, 2.24) is 9.78 Å². The average molecular weight is 231 g/mol. The van der Waals surface area contributed by atoms with Crippen LogP contribution in [0.4, 0.5) is 5.82 Å². The molecule has 17 heavy (non-hydrogen) atoms. The van der Waals surface area contributed by atoms with Crippen LogP contribution in [0.5, 0.6) is 5.75 Å². The zero-order valence-corrected chi connectivity index (χ0v) is 10.6. The van der Waals surface area contributed by atoms with E-state index in [2.05, 4.69) is 11.2 Å². The molecule has 0 aliphatic heterocycles. The summed E-state index contributed by atoms with van der Waals surface area (Å²) >= 11 is 0. The zero-order chi connectivity index (χ0) is 12.6. The van der Waals surface area contributed by atoms with Crippen molar-refractivity contribution < 1.29 is 4.74 Å². The molecule has 0 atom stereocenters. The molecule has 4 heteroatoms. The van der Waals surface area contributed by atoms with E-state index in [1.807, 2.05) is 33.0 Å². The van der Waals surface area contributed by atoms with Crippen molar-refractivity contribution in [3.05, 3.63) is 29.3 Å². The topological polar surface area (TPSA) is 53.1 Å². The molecule has 0 saturated carbocycles. The van der Waals surface area contributed by atoms with Crippen LogP contribution >= 0.6 is 0 Å². The average Bonchev–Trinajstić information content (AvgIpc) is 2.59. The molecule has 0 spiro atoms. The lowest BCUT2D eigenvalue weighted by Gasteiger charge is -2.11. The van der Waals surface area contributed by atoms with Gasteiger partial charge < -0.3 is 10.5 Å². The molecule has 0 aliphatic carbocycles. The van der Waals surface area contributed by atoms with Crippen LogP contribution in [0.2, 0.25) is 0 Å². The molecule has 0 amide bonds. The maximum absolute atomic E-state index is 5.80. The maximum Gasteiger partial charge on any atom is 0.125 e. The Kier molecular flexibility index (Phi) is 2.79. The Morgan fingerprint density at radius 2 is 2.00 bits per heavy atom. The fourth-order valence-corrected chi connectivity index (χ4v) is 2.03. The van der Waals surface area contributed by atoms with Crippen LogP contribution in [0.3, 0.4) is 0 Å². The molecule has 0 radical (unpaired) electrons. The SMILES string of the molecule is COc1c(C)ccc(-c2cc(N)n(C)n2)c1C. The molecular weight excluding hydrogens is 214 g/mol. The number of hydrogen-bond acceptors (Lipinski definition) is 3. The molecule has 0 saturated heterocycles. The minimum atomic E-state index is 0.652. The largest absolute Gasteiger partial charge is 0.496 e. The molecule has 0 bridgehead atoms. The van der Waals surface area contributed by atoms with Crippen molar-refractivity contribution in [3.63, 3.8) is 0 Å². The number of nitrogens with two attached hydrogens (primary N) is 1. The van der Waals surface area contributed by atoms with Gasteiger partial charge in [-0.15, -0.1) is 0 Å². The summed E-state index contributed by atoms with van der Waals surface area (Å²) in [6.45, 7) is 4.06. The van der Waals surface area contributed by atoms with Crippen molar-refractivity contribution in [2.24, 2.45) is 7.05 Å². The number of aromatic nitrogens is 2. The van der Waals surface area contributed by atoms with Crippen molar-refractivity contribution in [1.29, 1.82) is 0 Å². The highest BCUT2D eigenvalue weighted by molar-refractivity contribution is 5.69. The van der Waals surface area contributed by atoms with Crippen LogP contribution in [-0.4, -0.2) is 16.9 Å². The van der Waals surface area contributed by atoms with Crippen molar-refractivity contribution in [2.45, 2.75) is 13.8 Å². The lowest BCUT2D eigenvalue weighted by atomic mass is 10.0. The van der Waals surface area contributed by atoms with Crippen LogP contribution in [0.1, 0.15) is 11.1 Å². The molecule has 4 nitrogen and oxygen atoms in total. The first-order valence-electron chi connectivity index (χ1n) is 5.48. The summed E-state index contributed by atoms with van der Waals surface area (Å²) in [4.78, 5) is 0. The molecule has 1 heterocycles. The minimum Gasteiger partial charge on any atom is -0.496 e. The second-order valence-corrected chi connectivity index (χ2v) is 4.17. The van der Waals surface area contributed by atoms with E-state index < -0.39 is 0 Å². The number of aryl methyl sites for hydroxylation is 2. The lowest BCUT2D eigenvalue weighted by Crippen LogP contribution is -1.97. The lowest BCUT2D eigenvalue weighted by molar-refractivity contribution is 0.409. The second kappa shape index (κ2) is 4.13. The highest BCUT2D eigenvalue weighted by Gasteiger charge is 2.12. The summed E-state index contributed by atoms with van der Waals surface area (Å²) in [6, 6.07) is 5.96. The number of benzene rings is 1. The van der Waals surface area contributed by atoms with E-state index in [0.29, 0.717) is 5.82 Å². The van der Waals surface area contributed by atoms with Gasteiger partial charge in [-0.3, -0.25) is 4.68 Å². The van der Waals surface area contributed by atoms with Crippen molar-refractivity contribution in [3.8, 4) is 17.0 Å². The van der Waals surface area contributed by atoms with Gasteiger partial charge in [0.05, 0.1) is 12.8 Å². The van der Waals surface area contributed by atoms with E-state index in [0.717, 1.165) is 28.1 Å². The third kappa shape index (κ3) is 1.86. The Bertz CT molecular complexity index is 539. The summed E-state index contributed by atoms with van der Waals surface area (Å²) in [5.74, 6) is 1.56. The van der Waals surface area contributed by atoms with Crippen LogP contribution in [0.25, 0.3) is 11.3 Å². The van der Waals surface area contributed by atoms with Crippen LogP contribution in [0.15, 0.2) is 18.2 Å². The minimum absolute atomic E-state index is 0.652. The highest BCUT2D eigenvalue weighted by atomic mass is 16.5. The molecular formula is C13H17N3O. The van der Waals surface area contributed by atoms with E-state index >= 15 is 0 Å². The zero-order valence-electron chi connectivity index (χ0n) is 10.6. The molecule has 2 rings (SSSR count). The van der Waals surface area contributed by atoms with Crippen molar-refractivity contribution in [2.75, 3.05) is 12.8 Å². The van der Waals surface area contributed by atoms with Crippen molar-refractivity contribution >= 4 is 5.82 Å². The number of nitrogen functional groups attached to an aromatic ring is 1. The summed E-state index contributed by atoms with van der Waals surface area (Å²) in [5.41, 5.74) is 9.94. The third-order valence-electron chi connectivity index (χ3n) is 3.00. The van der Waals surface area contributed by atoms with Gasteiger partial charge in [-0.1, -0.05) is 12.1 Å². The molecule has 2 N–H and O–H groups in total. The van der Waals surface area contributed by atoms with E-state index in [1.165, 1.54) is 0 Å². The number of hydrogen-bond donors (Lipinski definition) is 1. The fourth-order valence-electron chi connectivity index (χ4n) is 2.03. The first kappa shape index (κ1) is 11.5. The molecule has 2 aromatic rings.